The molecule has 1 aromatic heterocycles. The first kappa shape index (κ1) is 11.4. The fraction of sp³-hybridized carbons (Fsp3) is 0.200. The van der Waals surface area contributed by atoms with Gasteiger partial charge < -0.3 is 9.88 Å². The maximum absolute atomic E-state index is 13.3. The number of benzene rings is 1. The predicted octanol–water partition coefficient (Wildman–Crippen LogP) is 1.84. The fourth-order valence-corrected chi connectivity index (χ4v) is 1.35. The Morgan fingerprint density at radius 3 is 2.41 bits per heavy atom. The van der Waals surface area contributed by atoms with E-state index in [0.29, 0.717) is 18.0 Å². The average molecular weight is 242 g/mol. The van der Waals surface area contributed by atoms with Gasteiger partial charge in [-0.05, 0) is 0 Å². The third kappa shape index (κ3) is 2.38. The normalized spacial score (nSPS) is 10.6. The summed E-state index contributed by atoms with van der Waals surface area (Å²) in [7, 11) is 1.70. The van der Waals surface area contributed by atoms with Gasteiger partial charge in [0.05, 0.1) is 6.54 Å². The van der Waals surface area contributed by atoms with E-state index < -0.39 is 17.5 Å². The van der Waals surface area contributed by atoms with Crippen LogP contribution in [0, 0.1) is 17.5 Å². The molecule has 1 N–H and O–H groups in total. The minimum absolute atomic E-state index is 0.0932. The van der Waals surface area contributed by atoms with E-state index in [4.69, 9.17) is 0 Å². The van der Waals surface area contributed by atoms with E-state index in [2.05, 4.69) is 15.5 Å². The Bertz CT molecular complexity index is 515. The third-order valence-electron chi connectivity index (χ3n) is 2.24. The van der Waals surface area contributed by atoms with Crippen LogP contribution < -0.4 is 5.32 Å². The Hall–Kier alpha value is -2.05. The molecule has 0 atom stereocenters. The Morgan fingerprint density at radius 2 is 1.88 bits per heavy atom. The van der Waals surface area contributed by atoms with Crippen molar-refractivity contribution in [2.24, 2.45) is 7.05 Å². The SMILES string of the molecule is Cn1cnnc1CNc1c(F)cc(F)cc1F. The summed E-state index contributed by atoms with van der Waals surface area (Å²) in [5, 5.41) is 9.87. The lowest BCUT2D eigenvalue weighted by atomic mass is 10.2. The molecule has 90 valence electrons. The molecular formula is C10H9F3N4. The van der Waals surface area contributed by atoms with Gasteiger partial charge in [0.2, 0.25) is 0 Å². The minimum atomic E-state index is -0.982. The molecule has 0 bridgehead atoms. The highest BCUT2D eigenvalue weighted by atomic mass is 19.1. The zero-order chi connectivity index (χ0) is 12.4. The molecule has 4 nitrogen and oxygen atoms in total. The smallest absolute Gasteiger partial charge is 0.152 e. The molecule has 7 heteroatoms. The lowest BCUT2D eigenvalue weighted by Crippen LogP contribution is -2.08. The molecule has 2 rings (SSSR count). The van der Waals surface area contributed by atoms with Gasteiger partial charge in [0.25, 0.3) is 0 Å². The molecule has 0 radical (unpaired) electrons. The molecular weight excluding hydrogens is 233 g/mol. The molecule has 0 amide bonds. The highest BCUT2D eigenvalue weighted by Crippen LogP contribution is 2.20. The van der Waals surface area contributed by atoms with Crippen molar-refractivity contribution in [3.05, 3.63) is 41.7 Å². The van der Waals surface area contributed by atoms with E-state index >= 15 is 0 Å². The van der Waals surface area contributed by atoms with Crippen LogP contribution in [-0.4, -0.2) is 14.8 Å². The van der Waals surface area contributed by atoms with Gasteiger partial charge in [-0.25, -0.2) is 13.2 Å². The maximum Gasteiger partial charge on any atom is 0.152 e. The summed E-state index contributed by atoms with van der Waals surface area (Å²) >= 11 is 0. The number of hydrogen-bond donors (Lipinski definition) is 1. The Morgan fingerprint density at radius 1 is 1.24 bits per heavy atom. The number of rotatable bonds is 3. The van der Waals surface area contributed by atoms with E-state index in [0.717, 1.165) is 0 Å². The average Bonchev–Trinajstić information content (AvgIpc) is 2.62. The summed E-state index contributed by atoms with van der Waals surface area (Å²) < 4.78 is 40.8. The Kier molecular flexibility index (Phi) is 2.99. The summed E-state index contributed by atoms with van der Waals surface area (Å²) in [6.07, 6.45) is 1.47. The van der Waals surface area contributed by atoms with Crippen LogP contribution in [0.5, 0.6) is 0 Å². The molecule has 0 aliphatic rings. The molecule has 0 aliphatic carbocycles. The lowest BCUT2D eigenvalue weighted by molar-refractivity contribution is 0.546. The van der Waals surface area contributed by atoms with Gasteiger partial charge in [0, 0.05) is 19.2 Å². The lowest BCUT2D eigenvalue weighted by Gasteiger charge is -2.08. The van der Waals surface area contributed by atoms with Crippen LogP contribution in [0.25, 0.3) is 0 Å². The molecule has 0 spiro atoms. The number of aromatic nitrogens is 3. The van der Waals surface area contributed by atoms with Crippen molar-refractivity contribution in [3.63, 3.8) is 0 Å². The van der Waals surface area contributed by atoms with Crippen molar-refractivity contribution in [2.45, 2.75) is 6.54 Å². The van der Waals surface area contributed by atoms with Crippen molar-refractivity contribution in [1.82, 2.24) is 14.8 Å². The van der Waals surface area contributed by atoms with Crippen LogP contribution in [0.1, 0.15) is 5.82 Å². The van der Waals surface area contributed by atoms with Crippen LogP contribution in [0.3, 0.4) is 0 Å². The number of nitrogens with zero attached hydrogens (tertiary/aromatic N) is 3. The van der Waals surface area contributed by atoms with Crippen molar-refractivity contribution >= 4 is 5.69 Å². The molecule has 0 saturated carbocycles. The second kappa shape index (κ2) is 4.44. The van der Waals surface area contributed by atoms with E-state index in [9.17, 15) is 13.2 Å². The van der Waals surface area contributed by atoms with Crippen LogP contribution in [-0.2, 0) is 13.6 Å². The van der Waals surface area contributed by atoms with Gasteiger partial charge in [0.1, 0.15) is 17.8 Å². The first-order valence-corrected chi connectivity index (χ1v) is 4.79. The van der Waals surface area contributed by atoms with Gasteiger partial charge in [-0.15, -0.1) is 10.2 Å². The van der Waals surface area contributed by atoms with Crippen LogP contribution in [0.2, 0.25) is 0 Å². The van der Waals surface area contributed by atoms with Crippen LogP contribution in [0.4, 0.5) is 18.9 Å². The number of aryl methyl sites for hydroxylation is 1. The second-order valence-electron chi connectivity index (χ2n) is 3.46. The first-order valence-electron chi connectivity index (χ1n) is 4.79. The maximum atomic E-state index is 13.3. The predicted molar refractivity (Wildman–Crippen MR) is 54.6 cm³/mol. The number of halogens is 3. The molecule has 1 aromatic carbocycles. The summed E-state index contributed by atoms with van der Waals surface area (Å²) in [5.74, 6) is -2.41. The standard InChI is InChI=1S/C10H9F3N4/c1-17-5-15-16-9(17)4-14-10-7(12)2-6(11)3-8(10)13/h2-3,5,14H,4H2,1H3. The Balaban J connectivity index is 2.17. The van der Waals surface area contributed by atoms with Gasteiger partial charge in [0.15, 0.2) is 17.5 Å². The monoisotopic (exact) mass is 242 g/mol. The summed E-state index contributed by atoms with van der Waals surface area (Å²) in [6.45, 7) is 0.0932. The minimum Gasteiger partial charge on any atom is -0.373 e. The first-order chi connectivity index (χ1) is 8.08. The summed E-state index contributed by atoms with van der Waals surface area (Å²) in [5.41, 5.74) is -0.380. The molecule has 0 fully saturated rings. The van der Waals surface area contributed by atoms with Gasteiger partial charge in [-0.2, -0.15) is 0 Å². The van der Waals surface area contributed by atoms with Crippen molar-refractivity contribution in [1.29, 1.82) is 0 Å². The quantitative estimate of drug-likeness (QED) is 0.893. The van der Waals surface area contributed by atoms with Gasteiger partial charge in [-0.1, -0.05) is 0 Å². The summed E-state index contributed by atoms with van der Waals surface area (Å²) in [4.78, 5) is 0. The number of nitrogens with one attached hydrogen (secondary N) is 1. The third-order valence-corrected chi connectivity index (χ3v) is 2.24. The topological polar surface area (TPSA) is 42.7 Å². The van der Waals surface area contributed by atoms with Crippen molar-refractivity contribution < 1.29 is 13.2 Å². The van der Waals surface area contributed by atoms with Crippen molar-refractivity contribution in [3.8, 4) is 0 Å². The van der Waals surface area contributed by atoms with E-state index in [1.807, 2.05) is 0 Å². The Labute approximate surface area is 95.1 Å². The zero-order valence-corrected chi connectivity index (χ0v) is 8.91. The molecule has 0 aliphatic heterocycles. The van der Waals surface area contributed by atoms with E-state index in [-0.39, 0.29) is 12.2 Å². The molecule has 0 saturated heterocycles. The number of hydrogen-bond acceptors (Lipinski definition) is 3. The van der Waals surface area contributed by atoms with Crippen LogP contribution in [0.15, 0.2) is 18.5 Å². The molecule has 2 aromatic rings. The molecule has 17 heavy (non-hydrogen) atoms. The zero-order valence-electron chi connectivity index (χ0n) is 8.91. The largest absolute Gasteiger partial charge is 0.373 e. The van der Waals surface area contributed by atoms with Gasteiger partial charge in [-0.3, -0.25) is 0 Å². The highest BCUT2D eigenvalue weighted by molar-refractivity contribution is 5.46. The second-order valence-corrected chi connectivity index (χ2v) is 3.46. The fourth-order valence-electron chi connectivity index (χ4n) is 1.35. The van der Waals surface area contributed by atoms with Gasteiger partial charge >= 0.3 is 0 Å². The highest BCUT2D eigenvalue weighted by Gasteiger charge is 2.11. The van der Waals surface area contributed by atoms with Crippen molar-refractivity contribution in [2.75, 3.05) is 5.32 Å². The number of anilines is 1. The van der Waals surface area contributed by atoms with E-state index in [1.165, 1.54) is 6.33 Å². The summed E-state index contributed by atoms with van der Waals surface area (Å²) in [6, 6.07) is 1.23. The molecule has 0 unspecified atom stereocenters. The molecule has 1 heterocycles. The van der Waals surface area contributed by atoms with E-state index in [1.54, 1.807) is 11.6 Å². The van der Waals surface area contributed by atoms with Crippen LogP contribution >= 0.6 is 0 Å².